The molecule has 0 radical (unpaired) electrons. The maximum absolute atomic E-state index is 11.9. The van der Waals surface area contributed by atoms with Crippen molar-refractivity contribution in [2.24, 2.45) is 0 Å². The van der Waals surface area contributed by atoms with Crippen molar-refractivity contribution in [2.45, 2.75) is 25.6 Å². The highest BCUT2D eigenvalue weighted by Gasteiger charge is 2.26. The summed E-state index contributed by atoms with van der Waals surface area (Å²) in [6.45, 7) is -0.356. The molecule has 0 spiro atoms. The van der Waals surface area contributed by atoms with Gasteiger partial charge in [-0.3, -0.25) is 0 Å². The van der Waals surface area contributed by atoms with Crippen LogP contribution in [-0.2, 0) is 6.61 Å². The van der Waals surface area contributed by atoms with Crippen LogP contribution in [0, 0.1) is 0 Å². The Labute approximate surface area is 102 Å². The third-order valence-electron chi connectivity index (χ3n) is 2.07. The van der Waals surface area contributed by atoms with Gasteiger partial charge in [-0.15, -0.1) is 0 Å². The van der Waals surface area contributed by atoms with E-state index in [1.54, 1.807) is 18.2 Å². The fraction of sp³-hybridized carbons (Fsp3) is 0.455. The predicted octanol–water partition coefficient (Wildman–Crippen LogP) is 3.55. The van der Waals surface area contributed by atoms with Crippen molar-refractivity contribution in [1.29, 1.82) is 0 Å². The molecule has 0 amide bonds. The van der Waals surface area contributed by atoms with Gasteiger partial charge in [-0.05, 0) is 12.5 Å². The van der Waals surface area contributed by atoms with Crippen LogP contribution in [0.5, 0.6) is 5.75 Å². The Morgan fingerprint density at radius 3 is 2.59 bits per heavy atom. The van der Waals surface area contributed by atoms with E-state index < -0.39 is 12.6 Å². The maximum Gasteiger partial charge on any atom is 0.389 e. The van der Waals surface area contributed by atoms with E-state index >= 15 is 0 Å². The zero-order valence-corrected chi connectivity index (χ0v) is 9.68. The summed E-state index contributed by atoms with van der Waals surface area (Å²) < 4.78 is 40.8. The summed E-state index contributed by atoms with van der Waals surface area (Å²) in [5.74, 6) is 0.249. The van der Waals surface area contributed by atoms with Crippen LogP contribution in [0.25, 0.3) is 0 Å². The third kappa shape index (κ3) is 4.83. The molecular formula is C11H12ClF3O2. The minimum Gasteiger partial charge on any atom is -0.492 e. The van der Waals surface area contributed by atoms with Gasteiger partial charge in [0.25, 0.3) is 0 Å². The molecule has 0 bridgehead atoms. The molecule has 0 aromatic heterocycles. The van der Waals surface area contributed by atoms with Crippen molar-refractivity contribution in [3.63, 3.8) is 0 Å². The summed E-state index contributed by atoms with van der Waals surface area (Å²) in [4.78, 5) is 0. The van der Waals surface area contributed by atoms with Crippen LogP contribution in [-0.4, -0.2) is 17.9 Å². The first kappa shape index (κ1) is 14.1. The molecule has 0 atom stereocenters. The average Bonchev–Trinajstić information content (AvgIpc) is 2.24. The zero-order chi connectivity index (χ0) is 12.9. The summed E-state index contributed by atoms with van der Waals surface area (Å²) in [5, 5.41) is 9.29. The highest BCUT2D eigenvalue weighted by molar-refractivity contribution is 6.32. The van der Waals surface area contributed by atoms with Crippen LogP contribution in [0.2, 0.25) is 5.02 Å². The molecule has 0 aliphatic rings. The molecule has 0 saturated heterocycles. The average molecular weight is 269 g/mol. The minimum absolute atomic E-state index is 0.0871. The van der Waals surface area contributed by atoms with Crippen molar-refractivity contribution in [3.8, 4) is 5.75 Å². The monoisotopic (exact) mass is 268 g/mol. The van der Waals surface area contributed by atoms with Gasteiger partial charge >= 0.3 is 6.18 Å². The van der Waals surface area contributed by atoms with Gasteiger partial charge < -0.3 is 9.84 Å². The van der Waals surface area contributed by atoms with Gasteiger partial charge in [-0.2, -0.15) is 13.2 Å². The summed E-state index contributed by atoms with van der Waals surface area (Å²) in [6, 6.07) is 4.79. The molecule has 0 aliphatic carbocycles. The molecule has 1 aromatic carbocycles. The Hall–Kier alpha value is -0.940. The van der Waals surface area contributed by atoms with E-state index in [1.807, 2.05) is 0 Å². The van der Waals surface area contributed by atoms with E-state index in [0.29, 0.717) is 5.56 Å². The Balaban J connectivity index is 2.52. The lowest BCUT2D eigenvalue weighted by Gasteiger charge is -2.12. The largest absolute Gasteiger partial charge is 0.492 e. The number of aliphatic hydroxyl groups is 1. The molecule has 17 heavy (non-hydrogen) atoms. The van der Waals surface area contributed by atoms with Gasteiger partial charge in [0.1, 0.15) is 5.75 Å². The highest BCUT2D eigenvalue weighted by atomic mass is 35.5. The Kier molecular flexibility index (Phi) is 5.08. The quantitative estimate of drug-likeness (QED) is 0.828. The van der Waals surface area contributed by atoms with Crippen molar-refractivity contribution >= 4 is 11.6 Å². The maximum atomic E-state index is 11.9. The van der Waals surface area contributed by atoms with Gasteiger partial charge in [0.05, 0.1) is 18.2 Å². The molecule has 1 rings (SSSR count). The lowest BCUT2D eigenvalue weighted by atomic mass is 10.2. The number of hydrogen-bond donors (Lipinski definition) is 1. The number of benzene rings is 1. The lowest BCUT2D eigenvalue weighted by Crippen LogP contribution is -2.10. The van der Waals surface area contributed by atoms with Crippen LogP contribution in [0.4, 0.5) is 13.2 Å². The van der Waals surface area contributed by atoms with E-state index in [4.69, 9.17) is 21.4 Å². The molecule has 6 heteroatoms. The fourth-order valence-electron chi connectivity index (χ4n) is 1.29. The van der Waals surface area contributed by atoms with Crippen LogP contribution >= 0.6 is 11.6 Å². The number of para-hydroxylation sites is 1. The molecule has 96 valence electrons. The Morgan fingerprint density at radius 1 is 1.29 bits per heavy atom. The molecule has 1 aromatic rings. The number of hydrogen-bond acceptors (Lipinski definition) is 2. The molecule has 0 aliphatic heterocycles. The molecule has 0 heterocycles. The normalized spacial score (nSPS) is 11.6. The topological polar surface area (TPSA) is 29.5 Å². The Bertz CT molecular complexity index is 366. The smallest absolute Gasteiger partial charge is 0.389 e. The first-order chi connectivity index (χ1) is 7.94. The molecule has 0 unspecified atom stereocenters. The summed E-state index contributed by atoms with van der Waals surface area (Å²) in [6.07, 6.45) is -5.21. The molecule has 2 nitrogen and oxygen atoms in total. The zero-order valence-electron chi connectivity index (χ0n) is 8.93. The van der Waals surface area contributed by atoms with Gasteiger partial charge in [0.15, 0.2) is 0 Å². The molecule has 0 saturated carbocycles. The van der Waals surface area contributed by atoms with Gasteiger partial charge in [0, 0.05) is 12.0 Å². The number of alkyl halides is 3. The standard InChI is InChI=1S/C11H12ClF3O2/c12-9-4-1-3-8(7-16)10(9)17-6-2-5-11(13,14)15/h1,3-4,16H,2,5-7H2. The first-order valence-electron chi connectivity index (χ1n) is 5.02. The summed E-state index contributed by atoms with van der Waals surface area (Å²) in [5.41, 5.74) is 0.463. The first-order valence-corrected chi connectivity index (χ1v) is 5.39. The van der Waals surface area contributed by atoms with Gasteiger partial charge in [-0.1, -0.05) is 23.7 Å². The molecule has 0 fully saturated rings. The van der Waals surface area contributed by atoms with Crippen LogP contribution in [0.3, 0.4) is 0 Å². The van der Waals surface area contributed by atoms with Crippen LogP contribution < -0.4 is 4.74 Å². The van der Waals surface area contributed by atoms with Crippen molar-refractivity contribution in [2.75, 3.05) is 6.61 Å². The van der Waals surface area contributed by atoms with Gasteiger partial charge in [-0.25, -0.2) is 0 Å². The predicted molar refractivity (Wildman–Crippen MR) is 58.2 cm³/mol. The fourth-order valence-corrected chi connectivity index (χ4v) is 1.54. The third-order valence-corrected chi connectivity index (χ3v) is 2.37. The van der Waals surface area contributed by atoms with Crippen LogP contribution in [0.15, 0.2) is 18.2 Å². The number of aliphatic hydroxyl groups excluding tert-OH is 1. The second-order valence-electron chi connectivity index (χ2n) is 3.45. The summed E-state index contributed by atoms with van der Waals surface area (Å²) in [7, 11) is 0. The number of ether oxygens (including phenoxy) is 1. The lowest BCUT2D eigenvalue weighted by molar-refractivity contribution is -0.136. The van der Waals surface area contributed by atoms with E-state index in [9.17, 15) is 13.2 Å². The van der Waals surface area contributed by atoms with Crippen molar-refractivity contribution in [1.82, 2.24) is 0 Å². The number of halogens is 4. The molecular weight excluding hydrogens is 257 g/mol. The van der Waals surface area contributed by atoms with E-state index in [-0.39, 0.29) is 30.4 Å². The highest BCUT2D eigenvalue weighted by Crippen LogP contribution is 2.29. The van der Waals surface area contributed by atoms with Gasteiger partial charge in [0.2, 0.25) is 0 Å². The van der Waals surface area contributed by atoms with Crippen molar-refractivity contribution < 1.29 is 23.0 Å². The number of rotatable bonds is 5. The SMILES string of the molecule is OCc1cccc(Cl)c1OCCCC(F)(F)F. The minimum atomic E-state index is -4.18. The van der Waals surface area contributed by atoms with Crippen LogP contribution in [0.1, 0.15) is 18.4 Å². The summed E-state index contributed by atoms with van der Waals surface area (Å²) >= 11 is 5.82. The van der Waals surface area contributed by atoms with E-state index in [1.165, 1.54) is 0 Å². The van der Waals surface area contributed by atoms with Crippen molar-refractivity contribution in [3.05, 3.63) is 28.8 Å². The van der Waals surface area contributed by atoms with E-state index in [2.05, 4.69) is 0 Å². The van der Waals surface area contributed by atoms with E-state index in [0.717, 1.165) is 0 Å². The second-order valence-corrected chi connectivity index (χ2v) is 3.86. The second kappa shape index (κ2) is 6.12. The Morgan fingerprint density at radius 2 is 2.00 bits per heavy atom. The molecule has 1 N–H and O–H groups in total.